The number of nitrogens with one attached hydrogen (secondary N) is 2. The van der Waals surface area contributed by atoms with Gasteiger partial charge in [0.15, 0.2) is 5.65 Å². The van der Waals surface area contributed by atoms with Crippen molar-refractivity contribution in [3.05, 3.63) is 93.5 Å². The molecule has 5 aromatic rings. The molecule has 0 spiro atoms. The van der Waals surface area contributed by atoms with Crippen molar-refractivity contribution in [2.45, 2.75) is 40.0 Å². The average Bonchev–Trinajstić information content (AvgIpc) is 3.43. The summed E-state index contributed by atoms with van der Waals surface area (Å²) in [5.41, 5.74) is 4.94. The number of aryl methyl sites for hydroxylation is 4. The number of aromatic nitrogens is 6. The third-order valence-corrected chi connectivity index (χ3v) is 6.02. The van der Waals surface area contributed by atoms with Gasteiger partial charge < -0.3 is 5.32 Å². The molecule has 5 rings (SSSR count). The zero-order valence-electron chi connectivity index (χ0n) is 20.4. The molecule has 0 fully saturated rings. The molecule has 9 nitrogen and oxygen atoms in total. The summed E-state index contributed by atoms with van der Waals surface area (Å²) in [5.74, 6) is 0.514. The fraction of sp³-hybridized carbons (Fsp3) is 0.222. The first-order valence-corrected chi connectivity index (χ1v) is 11.9. The van der Waals surface area contributed by atoms with Crippen molar-refractivity contribution in [1.82, 2.24) is 29.5 Å². The van der Waals surface area contributed by atoms with E-state index in [2.05, 4.69) is 43.7 Å². The summed E-state index contributed by atoms with van der Waals surface area (Å²) in [6, 6.07) is 17.8. The molecular formula is C27H27N7O2. The summed E-state index contributed by atoms with van der Waals surface area (Å²) in [6.07, 6.45) is 3.41. The number of rotatable bonds is 7. The lowest BCUT2D eigenvalue weighted by Gasteiger charge is -2.10. The lowest BCUT2D eigenvalue weighted by molar-refractivity contribution is -0.116. The highest BCUT2D eigenvalue weighted by Crippen LogP contribution is 2.21. The van der Waals surface area contributed by atoms with Crippen molar-refractivity contribution >= 4 is 22.8 Å². The van der Waals surface area contributed by atoms with Crippen molar-refractivity contribution < 1.29 is 4.79 Å². The van der Waals surface area contributed by atoms with Crippen LogP contribution < -0.4 is 10.9 Å². The molecule has 1 amide bonds. The Kier molecular flexibility index (Phi) is 6.20. The fourth-order valence-electron chi connectivity index (χ4n) is 4.28. The normalized spacial score (nSPS) is 11.2. The number of anilines is 1. The van der Waals surface area contributed by atoms with Crippen LogP contribution >= 0.6 is 0 Å². The number of hydrogen-bond donors (Lipinski definition) is 2. The molecule has 2 N–H and O–H groups in total. The van der Waals surface area contributed by atoms with Gasteiger partial charge in [-0.2, -0.15) is 19.9 Å². The molecule has 0 bridgehead atoms. The van der Waals surface area contributed by atoms with Crippen LogP contribution in [0.3, 0.4) is 0 Å². The Hall–Kier alpha value is -4.53. The first-order chi connectivity index (χ1) is 17.4. The van der Waals surface area contributed by atoms with Gasteiger partial charge >= 0.3 is 0 Å². The zero-order chi connectivity index (χ0) is 25.2. The summed E-state index contributed by atoms with van der Waals surface area (Å²) in [4.78, 5) is 33.0. The molecule has 0 aliphatic carbocycles. The van der Waals surface area contributed by atoms with Crippen LogP contribution in [-0.2, 0) is 11.2 Å². The van der Waals surface area contributed by atoms with E-state index in [-0.39, 0.29) is 17.4 Å². The Morgan fingerprint density at radius 1 is 1.03 bits per heavy atom. The van der Waals surface area contributed by atoms with E-state index in [0.717, 1.165) is 29.7 Å². The van der Waals surface area contributed by atoms with Crippen LogP contribution in [0, 0.1) is 20.8 Å². The third-order valence-electron chi connectivity index (χ3n) is 6.02. The van der Waals surface area contributed by atoms with Crippen molar-refractivity contribution in [3.8, 4) is 11.6 Å². The topological polar surface area (TPSA) is 110 Å². The number of benzene rings is 2. The molecule has 0 atom stereocenters. The SMILES string of the molecule is Cc1ccc(-n2ncc3c(=O)[nH]c(-n4nc(C)cc4NC(=O)CCCc4ccccc4)nc32)c(C)c1. The lowest BCUT2D eigenvalue weighted by atomic mass is 10.1. The third kappa shape index (κ3) is 4.68. The molecule has 0 aliphatic heterocycles. The molecular weight excluding hydrogens is 454 g/mol. The zero-order valence-corrected chi connectivity index (χ0v) is 20.4. The largest absolute Gasteiger partial charge is 0.310 e. The molecule has 0 saturated carbocycles. The smallest absolute Gasteiger partial charge is 0.263 e. The van der Waals surface area contributed by atoms with Crippen LogP contribution in [0.5, 0.6) is 0 Å². The lowest BCUT2D eigenvalue weighted by Crippen LogP contribution is -2.19. The highest BCUT2D eigenvalue weighted by Gasteiger charge is 2.17. The van der Waals surface area contributed by atoms with Crippen LogP contribution in [0.4, 0.5) is 5.82 Å². The van der Waals surface area contributed by atoms with Gasteiger partial charge in [-0.25, -0.2) is 4.68 Å². The molecule has 3 aromatic heterocycles. The molecule has 9 heteroatoms. The maximum Gasteiger partial charge on any atom is 0.263 e. The summed E-state index contributed by atoms with van der Waals surface area (Å²) < 4.78 is 3.10. The molecule has 2 aromatic carbocycles. The number of carbonyl (C=O) groups excluding carboxylic acids is 1. The van der Waals surface area contributed by atoms with Gasteiger partial charge in [0.2, 0.25) is 11.9 Å². The molecule has 0 saturated heterocycles. The summed E-state index contributed by atoms with van der Waals surface area (Å²) in [7, 11) is 0. The predicted molar refractivity (Wildman–Crippen MR) is 139 cm³/mol. The van der Waals surface area contributed by atoms with E-state index < -0.39 is 0 Å². The number of amides is 1. The van der Waals surface area contributed by atoms with Gasteiger partial charge in [-0.15, -0.1) is 0 Å². The fourth-order valence-corrected chi connectivity index (χ4v) is 4.28. The minimum absolute atomic E-state index is 0.129. The molecule has 3 heterocycles. The Labute approximate surface area is 207 Å². The first kappa shape index (κ1) is 23.2. The van der Waals surface area contributed by atoms with Gasteiger partial charge in [-0.05, 0) is 50.8 Å². The molecule has 182 valence electrons. The van der Waals surface area contributed by atoms with Gasteiger partial charge in [0.1, 0.15) is 11.2 Å². The van der Waals surface area contributed by atoms with E-state index in [4.69, 9.17) is 0 Å². The number of H-pyrrole nitrogens is 1. The van der Waals surface area contributed by atoms with Gasteiger partial charge in [0, 0.05) is 12.5 Å². The molecule has 0 aliphatic rings. The van der Waals surface area contributed by atoms with Crippen LogP contribution in [0.15, 0.2) is 65.6 Å². The van der Waals surface area contributed by atoms with E-state index in [1.54, 1.807) is 10.7 Å². The van der Waals surface area contributed by atoms with E-state index in [1.165, 1.54) is 16.4 Å². The Balaban J connectivity index is 1.43. The highest BCUT2D eigenvalue weighted by atomic mass is 16.1. The summed E-state index contributed by atoms with van der Waals surface area (Å²) in [5, 5.41) is 12.2. The van der Waals surface area contributed by atoms with Crippen LogP contribution in [0.25, 0.3) is 22.7 Å². The van der Waals surface area contributed by atoms with E-state index in [1.807, 2.05) is 51.1 Å². The van der Waals surface area contributed by atoms with E-state index in [0.29, 0.717) is 29.0 Å². The van der Waals surface area contributed by atoms with Crippen molar-refractivity contribution in [2.24, 2.45) is 0 Å². The highest BCUT2D eigenvalue weighted by molar-refractivity contribution is 5.90. The molecule has 0 unspecified atom stereocenters. The van der Waals surface area contributed by atoms with Gasteiger partial charge in [0.25, 0.3) is 5.56 Å². The standard InChI is InChI=1S/C27H27N7O2/c1-17-12-13-22(18(2)14-17)33-25-21(16-28-33)26(36)31-27(30-25)34-23(15-19(3)32-34)29-24(35)11-7-10-20-8-5-4-6-9-20/h4-6,8-9,12-16H,7,10-11H2,1-3H3,(H,29,35)(H,30,31,36). The van der Waals surface area contributed by atoms with Gasteiger partial charge in [-0.3, -0.25) is 14.6 Å². The predicted octanol–water partition coefficient (Wildman–Crippen LogP) is 4.18. The summed E-state index contributed by atoms with van der Waals surface area (Å²) in [6.45, 7) is 5.83. The van der Waals surface area contributed by atoms with Crippen molar-refractivity contribution in [3.63, 3.8) is 0 Å². The number of aromatic amines is 1. The maximum absolute atomic E-state index is 12.9. The number of nitrogens with zero attached hydrogens (tertiary/aromatic N) is 5. The Morgan fingerprint density at radius 3 is 2.61 bits per heavy atom. The minimum Gasteiger partial charge on any atom is -0.310 e. The number of carbonyl (C=O) groups is 1. The molecule has 0 radical (unpaired) electrons. The first-order valence-electron chi connectivity index (χ1n) is 11.9. The Morgan fingerprint density at radius 2 is 1.83 bits per heavy atom. The van der Waals surface area contributed by atoms with Gasteiger partial charge in [-0.1, -0.05) is 48.0 Å². The molecule has 36 heavy (non-hydrogen) atoms. The van der Waals surface area contributed by atoms with Gasteiger partial charge in [0.05, 0.1) is 17.6 Å². The van der Waals surface area contributed by atoms with E-state index >= 15 is 0 Å². The second-order valence-electron chi connectivity index (χ2n) is 8.94. The summed E-state index contributed by atoms with van der Waals surface area (Å²) >= 11 is 0. The second-order valence-corrected chi connectivity index (χ2v) is 8.94. The van der Waals surface area contributed by atoms with Crippen LogP contribution in [0.2, 0.25) is 0 Å². The Bertz CT molecular complexity index is 1610. The van der Waals surface area contributed by atoms with Crippen LogP contribution in [-0.4, -0.2) is 35.4 Å². The number of fused-ring (bicyclic) bond motifs is 1. The van der Waals surface area contributed by atoms with E-state index in [9.17, 15) is 9.59 Å². The monoisotopic (exact) mass is 481 g/mol. The van der Waals surface area contributed by atoms with Crippen LogP contribution in [0.1, 0.15) is 35.2 Å². The van der Waals surface area contributed by atoms with Crippen molar-refractivity contribution in [1.29, 1.82) is 0 Å². The quantitative estimate of drug-likeness (QED) is 0.362. The minimum atomic E-state index is -0.334. The number of hydrogen-bond acceptors (Lipinski definition) is 5. The van der Waals surface area contributed by atoms with Crippen molar-refractivity contribution in [2.75, 3.05) is 5.32 Å². The second kappa shape index (κ2) is 9.61. The maximum atomic E-state index is 12.9. The average molecular weight is 482 g/mol.